The van der Waals surface area contributed by atoms with Gasteiger partial charge in [-0.2, -0.15) is 0 Å². The fourth-order valence-corrected chi connectivity index (χ4v) is 4.04. The third-order valence-electron chi connectivity index (χ3n) is 5.47. The Balaban J connectivity index is 1.77. The molecular formula is C18H27NO. The summed E-state index contributed by atoms with van der Waals surface area (Å²) in [6.07, 6.45) is 4.03. The lowest BCUT2D eigenvalue weighted by Crippen LogP contribution is -2.41. The van der Waals surface area contributed by atoms with Gasteiger partial charge in [-0.15, -0.1) is 0 Å². The van der Waals surface area contributed by atoms with Crippen LogP contribution >= 0.6 is 0 Å². The van der Waals surface area contributed by atoms with Gasteiger partial charge in [0, 0.05) is 23.6 Å². The van der Waals surface area contributed by atoms with Crippen molar-refractivity contribution in [2.24, 2.45) is 17.8 Å². The minimum absolute atomic E-state index is 0.447. The van der Waals surface area contributed by atoms with Crippen LogP contribution in [0.4, 0.5) is 0 Å². The number of fused-ring (bicyclic) bond motifs is 1. The zero-order valence-electron chi connectivity index (χ0n) is 12.9. The van der Waals surface area contributed by atoms with Gasteiger partial charge in [0.15, 0.2) is 0 Å². The van der Waals surface area contributed by atoms with Gasteiger partial charge in [-0.3, -0.25) is 0 Å². The number of rotatable bonds is 3. The molecule has 1 fully saturated rings. The van der Waals surface area contributed by atoms with Crippen molar-refractivity contribution in [3.05, 3.63) is 29.8 Å². The predicted molar refractivity (Wildman–Crippen MR) is 82.9 cm³/mol. The van der Waals surface area contributed by atoms with Gasteiger partial charge in [-0.25, -0.2) is 0 Å². The van der Waals surface area contributed by atoms with Crippen molar-refractivity contribution < 1.29 is 4.74 Å². The predicted octanol–water partition coefficient (Wildman–Crippen LogP) is 4.17. The number of hydrogen-bond acceptors (Lipinski definition) is 2. The second kappa shape index (κ2) is 5.77. The van der Waals surface area contributed by atoms with E-state index in [1.54, 1.807) is 0 Å². The molecule has 20 heavy (non-hydrogen) atoms. The highest BCUT2D eigenvalue weighted by molar-refractivity contribution is 5.38. The van der Waals surface area contributed by atoms with Gasteiger partial charge in [0.2, 0.25) is 0 Å². The molecule has 0 aromatic heterocycles. The Morgan fingerprint density at radius 2 is 2.00 bits per heavy atom. The van der Waals surface area contributed by atoms with E-state index in [0.717, 1.165) is 24.2 Å². The molecule has 3 rings (SSSR count). The molecule has 2 heteroatoms. The summed E-state index contributed by atoms with van der Waals surface area (Å²) < 4.78 is 5.86. The van der Waals surface area contributed by atoms with E-state index in [2.05, 4.69) is 50.4 Å². The van der Waals surface area contributed by atoms with E-state index in [1.165, 1.54) is 24.8 Å². The van der Waals surface area contributed by atoms with Gasteiger partial charge < -0.3 is 10.1 Å². The normalized spacial score (nSPS) is 36.5. The molecule has 5 unspecified atom stereocenters. The second-order valence-corrected chi connectivity index (χ2v) is 6.68. The van der Waals surface area contributed by atoms with Crippen LogP contribution in [0.1, 0.15) is 51.6 Å². The van der Waals surface area contributed by atoms with Crippen LogP contribution in [0.3, 0.4) is 0 Å². The molecule has 0 saturated heterocycles. The molecule has 1 N–H and O–H groups in total. The molecule has 5 atom stereocenters. The summed E-state index contributed by atoms with van der Waals surface area (Å²) in [5.74, 6) is 3.30. The fraction of sp³-hybridized carbons (Fsp3) is 0.667. The molecule has 110 valence electrons. The van der Waals surface area contributed by atoms with Crippen LogP contribution in [-0.4, -0.2) is 12.6 Å². The number of benzene rings is 1. The summed E-state index contributed by atoms with van der Waals surface area (Å²) in [6, 6.07) is 9.63. The maximum absolute atomic E-state index is 5.86. The van der Waals surface area contributed by atoms with Crippen molar-refractivity contribution in [3.63, 3.8) is 0 Å². The molecule has 2 aliphatic rings. The minimum Gasteiger partial charge on any atom is -0.493 e. The largest absolute Gasteiger partial charge is 0.493 e. The maximum Gasteiger partial charge on any atom is 0.124 e. The van der Waals surface area contributed by atoms with Crippen molar-refractivity contribution in [2.45, 2.75) is 52.1 Å². The number of para-hydroxylation sites is 1. The Bertz CT molecular complexity index is 458. The molecule has 0 amide bonds. The lowest BCUT2D eigenvalue weighted by atomic mass is 9.89. The number of nitrogens with one attached hydrogen (secondary N) is 1. The maximum atomic E-state index is 5.86. The van der Waals surface area contributed by atoms with Gasteiger partial charge in [0.25, 0.3) is 0 Å². The van der Waals surface area contributed by atoms with Crippen molar-refractivity contribution in [2.75, 3.05) is 6.61 Å². The molecule has 1 aromatic carbocycles. The molecule has 0 bridgehead atoms. The summed E-state index contributed by atoms with van der Waals surface area (Å²) >= 11 is 0. The quantitative estimate of drug-likeness (QED) is 0.892. The topological polar surface area (TPSA) is 21.3 Å². The van der Waals surface area contributed by atoms with Gasteiger partial charge in [0.1, 0.15) is 5.75 Å². The SMILES string of the molecule is CCC1CCC(NC2c3ccccc3OCC2C)C1C. The highest BCUT2D eigenvalue weighted by atomic mass is 16.5. The van der Waals surface area contributed by atoms with E-state index < -0.39 is 0 Å². The van der Waals surface area contributed by atoms with E-state index >= 15 is 0 Å². The summed E-state index contributed by atoms with van der Waals surface area (Å²) in [7, 11) is 0. The molecule has 1 aromatic rings. The Labute approximate surface area is 122 Å². The van der Waals surface area contributed by atoms with Crippen molar-refractivity contribution >= 4 is 0 Å². The highest BCUT2D eigenvalue weighted by Gasteiger charge is 2.36. The number of hydrogen-bond donors (Lipinski definition) is 1. The zero-order valence-corrected chi connectivity index (χ0v) is 12.9. The Morgan fingerprint density at radius 3 is 2.75 bits per heavy atom. The molecule has 0 spiro atoms. The molecular weight excluding hydrogens is 246 g/mol. The molecule has 2 nitrogen and oxygen atoms in total. The lowest BCUT2D eigenvalue weighted by molar-refractivity contribution is 0.172. The Hall–Kier alpha value is -1.02. The molecule has 1 heterocycles. The van der Waals surface area contributed by atoms with Gasteiger partial charge in [-0.05, 0) is 30.7 Å². The van der Waals surface area contributed by atoms with E-state index in [1.807, 2.05) is 0 Å². The monoisotopic (exact) mass is 273 g/mol. The smallest absolute Gasteiger partial charge is 0.124 e. The van der Waals surface area contributed by atoms with Crippen LogP contribution in [0.15, 0.2) is 24.3 Å². The van der Waals surface area contributed by atoms with E-state index in [4.69, 9.17) is 4.74 Å². The molecule has 1 aliphatic carbocycles. The van der Waals surface area contributed by atoms with Crippen molar-refractivity contribution in [1.29, 1.82) is 0 Å². The van der Waals surface area contributed by atoms with Gasteiger partial charge in [0.05, 0.1) is 6.61 Å². The second-order valence-electron chi connectivity index (χ2n) is 6.68. The van der Waals surface area contributed by atoms with Crippen LogP contribution in [0.25, 0.3) is 0 Å². The van der Waals surface area contributed by atoms with Gasteiger partial charge >= 0.3 is 0 Å². The first-order valence-corrected chi connectivity index (χ1v) is 8.18. The highest BCUT2D eigenvalue weighted by Crippen LogP contribution is 2.39. The first kappa shape index (κ1) is 13.9. The third kappa shape index (κ3) is 2.46. The van der Waals surface area contributed by atoms with E-state index in [0.29, 0.717) is 18.0 Å². The van der Waals surface area contributed by atoms with E-state index in [9.17, 15) is 0 Å². The van der Waals surface area contributed by atoms with E-state index in [-0.39, 0.29) is 0 Å². The van der Waals surface area contributed by atoms with Crippen LogP contribution < -0.4 is 10.1 Å². The summed E-state index contributed by atoms with van der Waals surface area (Å²) in [5, 5.41) is 3.96. The van der Waals surface area contributed by atoms with Crippen LogP contribution in [0.5, 0.6) is 5.75 Å². The van der Waals surface area contributed by atoms with Crippen molar-refractivity contribution in [3.8, 4) is 5.75 Å². The standard InChI is InChI=1S/C18H27NO/c1-4-14-9-10-16(13(14)3)19-18-12(2)11-20-17-8-6-5-7-15(17)18/h5-8,12-14,16,18-19H,4,9-11H2,1-3H3. The average Bonchev–Trinajstić information content (AvgIpc) is 2.82. The Morgan fingerprint density at radius 1 is 1.20 bits per heavy atom. The van der Waals surface area contributed by atoms with Crippen molar-refractivity contribution in [1.82, 2.24) is 5.32 Å². The summed E-state index contributed by atoms with van der Waals surface area (Å²) in [4.78, 5) is 0. The molecule has 1 saturated carbocycles. The third-order valence-corrected chi connectivity index (χ3v) is 5.47. The lowest BCUT2D eigenvalue weighted by Gasteiger charge is -2.35. The summed E-state index contributed by atoms with van der Waals surface area (Å²) in [6.45, 7) is 7.88. The summed E-state index contributed by atoms with van der Waals surface area (Å²) in [5.41, 5.74) is 1.35. The molecule has 0 radical (unpaired) electrons. The first-order valence-electron chi connectivity index (χ1n) is 8.18. The first-order chi connectivity index (χ1) is 9.70. The zero-order chi connectivity index (χ0) is 14.1. The van der Waals surface area contributed by atoms with Gasteiger partial charge in [-0.1, -0.05) is 45.4 Å². The minimum atomic E-state index is 0.447. The fourth-order valence-electron chi connectivity index (χ4n) is 4.04. The van der Waals surface area contributed by atoms with Crippen LogP contribution in [0.2, 0.25) is 0 Å². The average molecular weight is 273 g/mol. The number of ether oxygens (including phenoxy) is 1. The van der Waals surface area contributed by atoms with Crippen LogP contribution in [0, 0.1) is 17.8 Å². The molecule has 1 aliphatic heterocycles. The van der Waals surface area contributed by atoms with Crippen LogP contribution in [-0.2, 0) is 0 Å². The Kier molecular flexibility index (Phi) is 4.02.